The Bertz CT molecular complexity index is 70.8. The fourth-order valence-electron chi connectivity index (χ4n) is 0.926. The molecule has 0 aliphatic heterocycles. The largest absolute Gasteiger partial charge is 0.427 e. The van der Waals surface area contributed by atoms with Gasteiger partial charge in [-0.05, 0) is 11.6 Å². The molecule has 0 fully saturated rings. The highest BCUT2D eigenvalue weighted by Gasteiger charge is 2.05. The maximum atomic E-state index is 5.20. The van der Waals surface area contributed by atoms with E-state index < -0.39 is 0 Å². The van der Waals surface area contributed by atoms with E-state index in [4.69, 9.17) is 8.85 Å². The second kappa shape index (κ2) is 7.46. The van der Waals surface area contributed by atoms with E-state index in [1.54, 1.807) is 0 Å². The predicted molar refractivity (Wildman–Crippen MR) is 50.0 cm³/mol. The van der Waals surface area contributed by atoms with Crippen LogP contribution in [0.1, 0.15) is 13.3 Å². The van der Waals surface area contributed by atoms with Crippen molar-refractivity contribution in [2.75, 3.05) is 14.2 Å². The molecule has 1 unspecified atom stereocenters. The van der Waals surface area contributed by atoms with Gasteiger partial charge < -0.3 is 8.85 Å². The van der Waals surface area contributed by atoms with E-state index in [9.17, 15) is 0 Å². The Kier molecular flexibility index (Phi) is 7.72. The minimum Gasteiger partial charge on any atom is -0.427 e. The van der Waals surface area contributed by atoms with E-state index in [0.29, 0.717) is 0 Å². The van der Waals surface area contributed by atoms with Crippen LogP contribution in [0.5, 0.6) is 0 Å². The summed E-state index contributed by atoms with van der Waals surface area (Å²) in [6.07, 6.45) is 1.27. The molecule has 4 heteroatoms. The molecular weight excluding hydrogens is 160 g/mol. The van der Waals surface area contributed by atoms with Crippen molar-refractivity contribution >= 4 is 19.5 Å². The summed E-state index contributed by atoms with van der Waals surface area (Å²) in [7, 11) is 3.20. The van der Waals surface area contributed by atoms with Gasteiger partial charge in [0.1, 0.15) is 0 Å². The summed E-state index contributed by atoms with van der Waals surface area (Å²) in [6.45, 7) is 2.24. The van der Waals surface area contributed by atoms with E-state index in [2.05, 4.69) is 6.92 Å². The van der Waals surface area contributed by atoms with E-state index >= 15 is 0 Å². The Labute approximate surface area is 68.2 Å². The molecular formula is C6H18O2Si2. The molecule has 0 bridgehead atoms. The van der Waals surface area contributed by atoms with Gasteiger partial charge in [0.05, 0.1) is 0 Å². The van der Waals surface area contributed by atoms with Gasteiger partial charge in [-0.15, -0.1) is 0 Å². The normalized spacial score (nSPS) is 15.9. The molecule has 0 aromatic carbocycles. The van der Waals surface area contributed by atoms with Gasteiger partial charge >= 0.3 is 0 Å². The zero-order chi connectivity index (χ0) is 7.82. The van der Waals surface area contributed by atoms with Gasteiger partial charge in [0.25, 0.3) is 0 Å². The lowest BCUT2D eigenvalue weighted by atomic mass is 10.4. The quantitative estimate of drug-likeness (QED) is 0.536. The van der Waals surface area contributed by atoms with Crippen LogP contribution in [-0.4, -0.2) is 33.7 Å². The number of hydrogen-bond donors (Lipinski definition) is 0. The summed E-state index contributed by atoms with van der Waals surface area (Å²) in [5.74, 6) is 0. The Morgan fingerprint density at radius 3 is 2.40 bits per heavy atom. The molecule has 0 aliphatic rings. The third-order valence-electron chi connectivity index (χ3n) is 1.71. The van der Waals surface area contributed by atoms with Crippen LogP contribution in [0.15, 0.2) is 0 Å². The summed E-state index contributed by atoms with van der Waals surface area (Å²) >= 11 is 0. The van der Waals surface area contributed by atoms with Crippen molar-refractivity contribution in [3.8, 4) is 0 Å². The Morgan fingerprint density at radius 1 is 1.30 bits per heavy atom. The molecule has 0 aromatic rings. The molecule has 2 nitrogen and oxygen atoms in total. The standard InChI is InChI=1S/C6H18O2Si2/c1-4-6(10-8-3)5-9-7-2/h6H,4-5,9-10H2,1-3H3. The predicted octanol–water partition coefficient (Wildman–Crippen LogP) is 0.0636. The summed E-state index contributed by atoms with van der Waals surface area (Å²) in [6, 6.07) is 1.31. The molecule has 0 radical (unpaired) electrons. The Balaban J connectivity index is 3.21. The van der Waals surface area contributed by atoms with Crippen molar-refractivity contribution in [3.63, 3.8) is 0 Å². The lowest BCUT2D eigenvalue weighted by molar-refractivity contribution is 0.421. The summed E-state index contributed by atoms with van der Waals surface area (Å²) < 4.78 is 10.3. The van der Waals surface area contributed by atoms with Crippen molar-refractivity contribution in [1.29, 1.82) is 0 Å². The second-order valence-corrected chi connectivity index (χ2v) is 6.14. The van der Waals surface area contributed by atoms with Crippen molar-refractivity contribution < 1.29 is 8.85 Å². The van der Waals surface area contributed by atoms with Crippen molar-refractivity contribution in [1.82, 2.24) is 0 Å². The molecule has 0 amide bonds. The Morgan fingerprint density at radius 2 is 2.00 bits per heavy atom. The molecule has 0 saturated carbocycles. The average molecular weight is 178 g/mol. The highest BCUT2D eigenvalue weighted by Crippen LogP contribution is 2.13. The zero-order valence-corrected chi connectivity index (χ0v) is 10.1. The van der Waals surface area contributed by atoms with Gasteiger partial charge in [0.2, 0.25) is 0 Å². The minimum atomic E-state index is -0.230. The van der Waals surface area contributed by atoms with Crippen molar-refractivity contribution in [3.05, 3.63) is 0 Å². The Hall–Kier alpha value is 0.354. The first-order chi connectivity index (χ1) is 4.85. The summed E-state index contributed by atoms with van der Waals surface area (Å²) in [5, 5.41) is 0. The van der Waals surface area contributed by atoms with E-state index in [1.807, 2.05) is 14.2 Å². The zero-order valence-electron chi connectivity index (χ0n) is 7.22. The molecule has 0 rings (SSSR count). The molecule has 0 aromatic heterocycles. The lowest BCUT2D eigenvalue weighted by Gasteiger charge is -2.10. The van der Waals surface area contributed by atoms with Gasteiger partial charge in [-0.1, -0.05) is 13.3 Å². The molecule has 1 atom stereocenters. The molecule has 10 heavy (non-hydrogen) atoms. The maximum Gasteiger partial charge on any atom is 0.163 e. The first kappa shape index (κ1) is 10.4. The van der Waals surface area contributed by atoms with Crippen LogP contribution in [-0.2, 0) is 8.85 Å². The smallest absolute Gasteiger partial charge is 0.163 e. The van der Waals surface area contributed by atoms with E-state index in [0.717, 1.165) is 5.54 Å². The molecule has 0 aliphatic carbocycles. The highest BCUT2D eigenvalue weighted by atomic mass is 28.2. The number of hydrogen-bond acceptors (Lipinski definition) is 2. The SMILES string of the molecule is CCC(C[SiH2]OC)[SiH2]OC. The molecule has 0 heterocycles. The monoisotopic (exact) mass is 178 g/mol. The molecule has 62 valence electrons. The van der Waals surface area contributed by atoms with Crippen LogP contribution < -0.4 is 0 Å². The van der Waals surface area contributed by atoms with Crippen LogP contribution in [0.2, 0.25) is 11.6 Å². The first-order valence-corrected chi connectivity index (χ1v) is 6.80. The van der Waals surface area contributed by atoms with Gasteiger partial charge in [-0.2, -0.15) is 0 Å². The third kappa shape index (κ3) is 5.16. The van der Waals surface area contributed by atoms with Crippen LogP contribution in [0.4, 0.5) is 0 Å². The van der Waals surface area contributed by atoms with E-state index in [-0.39, 0.29) is 19.5 Å². The highest BCUT2D eigenvalue weighted by molar-refractivity contribution is 6.36. The number of rotatable bonds is 6. The second-order valence-electron chi connectivity index (χ2n) is 2.51. The topological polar surface area (TPSA) is 18.5 Å². The van der Waals surface area contributed by atoms with Gasteiger partial charge in [-0.25, -0.2) is 0 Å². The lowest BCUT2D eigenvalue weighted by Crippen LogP contribution is -2.08. The van der Waals surface area contributed by atoms with Gasteiger partial charge in [-0.3, -0.25) is 0 Å². The molecule has 0 saturated heterocycles. The molecule has 0 N–H and O–H groups in total. The van der Waals surface area contributed by atoms with Gasteiger partial charge in [0, 0.05) is 14.2 Å². The fourth-order valence-corrected chi connectivity index (χ4v) is 3.78. The average Bonchev–Trinajstić information content (AvgIpc) is 1.98. The van der Waals surface area contributed by atoms with Crippen LogP contribution in [0.25, 0.3) is 0 Å². The van der Waals surface area contributed by atoms with Crippen LogP contribution in [0, 0.1) is 0 Å². The fraction of sp³-hybridized carbons (Fsp3) is 1.00. The third-order valence-corrected chi connectivity index (χ3v) is 5.78. The minimum absolute atomic E-state index is 0.202. The van der Waals surface area contributed by atoms with Gasteiger partial charge in [0.15, 0.2) is 19.5 Å². The summed E-state index contributed by atoms with van der Waals surface area (Å²) in [5.41, 5.74) is 0.872. The van der Waals surface area contributed by atoms with Crippen LogP contribution in [0.3, 0.4) is 0 Å². The maximum absolute atomic E-state index is 5.20. The molecule has 0 spiro atoms. The van der Waals surface area contributed by atoms with E-state index in [1.165, 1.54) is 12.5 Å². The summed E-state index contributed by atoms with van der Waals surface area (Å²) in [4.78, 5) is 0. The van der Waals surface area contributed by atoms with Crippen molar-refractivity contribution in [2.24, 2.45) is 0 Å². The van der Waals surface area contributed by atoms with Crippen LogP contribution >= 0.6 is 0 Å². The first-order valence-electron chi connectivity index (χ1n) is 3.83. The van der Waals surface area contributed by atoms with Crippen molar-refractivity contribution in [2.45, 2.75) is 24.9 Å².